The van der Waals surface area contributed by atoms with Crippen molar-refractivity contribution >= 4 is 0 Å². The molecule has 0 bridgehead atoms. The fourth-order valence-electron chi connectivity index (χ4n) is 1.75. The number of nitrogens with zero attached hydrogens (tertiary/aromatic N) is 1. The lowest BCUT2D eigenvalue weighted by molar-refractivity contribution is 0.133. The minimum Gasteiger partial charge on any atom is -0.496 e. The monoisotopic (exact) mass is 238 g/mol. The zero-order chi connectivity index (χ0) is 12.7. The van der Waals surface area contributed by atoms with Gasteiger partial charge in [0.25, 0.3) is 0 Å². The molecule has 4 heteroatoms. The largest absolute Gasteiger partial charge is 0.496 e. The van der Waals surface area contributed by atoms with Crippen LogP contribution in [0.15, 0.2) is 24.3 Å². The van der Waals surface area contributed by atoms with Gasteiger partial charge in [-0.1, -0.05) is 18.2 Å². The zero-order valence-electron chi connectivity index (χ0n) is 10.6. The van der Waals surface area contributed by atoms with Gasteiger partial charge >= 0.3 is 0 Å². The van der Waals surface area contributed by atoms with Crippen molar-refractivity contribution in [3.63, 3.8) is 0 Å². The molecule has 0 radical (unpaired) electrons. The second-order valence-electron chi connectivity index (χ2n) is 4.21. The van der Waals surface area contributed by atoms with Crippen LogP contribution in [0.4, 0.5) is 0 Å². The molecule has 0 aromatic heterocycles. The molecule has 0 amide bonds. The molecule has 0 saturated carbocycles. The van der Waals surface area contributed by atoms with Crippen LogP contribution in [-0.2, 0) is 6.42 Å². The van der Waals surface area contributed by atoms with E-state index in [0.29, 0.717) is 13.1 Å². The van der Waals surface area contributed by atoms with Gasteiger partial charge in [-0.2, -0.15) is 0 Å². The third-order valence-corrected chi connectivity index (χ3v) is 2.75. The van der Waals surface area contributed by atoms with Gasteiger partial charge in [-0.25, -0.2) is 0 Å². The van der Waals surface area contributed by atoms with E-state index >= 15 is 0 Å². The predicted molar refractivity (Wildman–Crippen MR) is 69.3 cm³/mol. The summed E-state index contributed by atoms with van der Waals surface area (Å²) in [6.45, 7) is 1.78. The molecule has 3 N–H and O–H groups in total. The van der Waals surface area contributed by atoms with E-state index in [1.165, 1.54) is 5.56 Å². The molecule has 0 aliphatic heterocycles. The van der Waals surface area contributed by atoms with Crippen LogP contribution in [0, 0.1) is 0 Å². The lowest BCUT2D eigenvalue weighted by Crippen LogP contribution is -2.35. The molecule has 0 aliphatic rings. The molecule has 0 saturated heterocycles. The van der Waals surface area contributed by atoms with Gasteiger partial charge in [-0.15, -0.1) is 0 Å². The van der Waals surface area contributed by atoms with Crippen molar-refractivity contribution in [1.82, 2.24) is 4.90 Å². The molecule has 1 rings (SSSR count). The number of aliphatic hydroxyl groups excluding tert-OH is 1. The molecule has 1 aromatic rings. The lowest BCUT2D eigenvalue weighted by atomic mass is 10.1. The second-order valence-corrected chi connectivity index (χ2v) is 4.21. The lowest BCUT2D eigenvalue weighted by Gasteiger charge is -2.20. The predicted octanol–water partition coefficient (Wildman–Crippen LogP) is 0.489. The average molecular weight is 238 g/mol. The van der Waals surface area contributed by atoms with Crippen molar-refractivity contribution < 1.29 is 9.84 Å². The van der Waals surface area contributed by atoms with E-state index in [2.05, 4.69) is 11.0 Å². The summed E-state index contributed by atoms with van der Waals surface area (Å²) >= 11 is 0. The number of ether oxygens (including phenoxy) is 1. The number of aliphatic hydroxyl groups is 1. The van der Waals surface area contributed by atoms with E-state index in [9.17, 15) is 5.11 Å². The Morgan fingerprint density at radius 1 is 1.41 bits per heavy atom. The summed E-state index contributed by atoms with van der Waals surface area (Å²) in [6.07, 6.45) is 0.454. The van der Waals surface area contributed by atoms with Gasteiger partial charge in [0, 0.05) is 19.6 Å². The molecular formula is C13H22N2O2. The Bertz CT molecular complexity index is 331. The number of hydrogen-bond donors (Lipinski definition) is 2. The topological polar surface area (TPSA) is 58.7 Å². The highest BCUT2D eigenvalue weighted by Crippen LogP contribution is 2.17. The number of para-hydroxylation sites is 1. The van der Waals surface area contributed by atoms with Crippen molar-refractivity contribution in [3.8, 4) is 5.75 Å². The molecule has 1 atom stereocenters. The molecule has 0 heterocycles. The number of likely N-dealkylation sites (N-methyl/N-ethyl adjacent to an activating group) is 1. The Labute approximate surface area is 103 Å². The van der Waals surface area contributed by atoms with Crippen molar-refractivity contribution in [2.75, 3.05) is 33.8 Å². The summed E-state index contributed by atoms with van der Waals surface area (Å²) in [5.41, 5.74) is 6.56. The molecule has 4 nitrogen and oxygen atoms in total. The maximum atomic E-state index is 9.43. The highest BCUT2D eigenvalue weighted by Gasteiger charge is 2.07. The second kappa shape index (κ2) is 7.27. The molecule has 0 fully saturated rings. The zero-order valence-corrected chi connectivity index (χ0v) is 10.6. The van der Waals surface area contributed by atoms with Crippen molar-refractivity contribution in [3.05, 3.63) is 29.8 Å². The van der Waals surface area contributed by atoms with Gasteiger partial charge in [0.15, 0.2) is 0 Å². The first-order valence-electron chi connectivity index (χ1n) is 5.86. The first kappa shape index (κ1) is 14.0. The number of methoxy groups -OCH3 is 1. The molecular weight excluding hydrogens is 216 g/mol. The normalized spacial score (nSPS) is 12.8. The van der Waals surface area contributed by atoms with Crippen molar-refractivity contribution in [2.24, 2.45) is 5.73 Å². The third-order valence-electron chi connectivity index (χ3n) is 2.75. The summed E-state index contributed by atoms with van der Waals surface area (Å²) in [5.74, 6) is 0.917. The van der Waals surface area contributed by atoms with E-state index in [4.69, 9.17) is 10.5 Å². The number of benzene rings is 1. The van der Waals surface area contributed by atoms with Crippen molar-refractivity contribution in [2.45, 2.75) is 12.5 Å². The summed E-state index contributed by atoms with van der Waals surface area (Å²) in [5, 5.41) is 9.43. The first-order valence-corrected chi connectivity index (χ1v) is 5.86. The summed E-state index contributed by atoms with van der Waals surface area (Å²) in [6, 6.07) is 7.99. The number of hydrogen-bond acceptors (Lipinski definition) is 4. The molecule has 96 valence electrons. The SMILES string of the molecule is COc1ccccc1CCN(C)CC(O)CN. The van der Waals surface area contributed by atoms with Crippen LogP contribution in [0.5, 0.6) is 5.75 Å². The van der Waals surface area contributed by atoms with Gasteiger partial charge in [0.1, 0.15) is 5.75 Å². The molecule has 0 aliphatic carbocycles. The molecule has 1 unspecified atom stereocenters. The molecule has 1 aromatic carbocycles. The maximum absolute atomic E-state index is 9.43. The minimum absolute atomic E-state index is 0.305. The Morgan fingerprint density at radius 2 is 2.12 bits per heavy atom. The number of nitrogens with two attached hydrogens (primary N) is 1. The van der Waals surface area contributed by atoms with Crippen LogP contribution >= 0.6 is 0 Å². The van der Waals surface area contributed by atoms with Gasteiger partial charge in [0.2, 0.25) is 0 Å². The fraction of sp³-hybridized carbons (Fsp3) is 0.538. The van der Waals surface area contributed by atoms with Crippen LogP contribution in [0.1, 0.15) is 5.56 Å². The Hall–Kier alpha value is -1.10. The van der Waals surface area contributed by atoms with Gasteiger partial charge < -0.3 is 20.5 Å². The highest BCUT2D eigenvalue weighted by molar-refractivity contribution is 5.33. The smallest absolute Gasteiger partial charge is 0.122 e. The fourth-order valence-corrected chi connectivity index (χ4v) is 1.75. The minimum atomic E-state index is -0.447. The quantitative estimate of drug-likeness (QED) is 0.726. The van der Waals surface area contributed by atoms with Crippen molar-refractivity contribution in [1.29, 1.82) is 0 Å². The summed E-state index contributed by atoms with van der Waals surface area (Å²) < 4.78 is 5.29. The Kier molecular flexibility index (Phi) is 5.97. The first-order chi connectivity index (χ1) is 8.17. The van der Waals surface area contributed by atoms with Gasteiger partial charge in [-0.3, -0.25) is 0 Å². The van der Waals surface area contributed by atoms with E-state index in [1.807, 2.05) is 25.2 Å². The van der Waals surface area contributed by atoms with E-state index in [-0.39, 0.29) is 0 Å². The Balaban J connectivity index is 2.44. The summed E-state index contributed by atoms with van der Waals surface area (Å²) in [4.78, 5) is 2.07. The summed E-state index contributed by atoms with van der Waals surface area (Å²) in [7, 11) is 3.66. The van der Waals surface area contributed by atoms with Gasteiger partial charge in [0.05, 0.1) is 13.2 Å². The van der Waals surface area contributed by atoms with E-state index < -0.39 is 6.10 Å². The third kappa shape index (κ3) is 4.73. The van der Waals surface area contributed by atoms with Crippen LogP contribution in [0.3, 0.4) is 0 Å². The molecule has 0 spiro atoms. The van der Waals surface area contributed by atoms with Crippen LogP contribution in [0.25, 0.3) is 0 Å². The standard InChI is InChI=1S/C13H22N2O2/c1-15(10-12(16)9-14)8-7-11-5-3-4-6-13(11)17-2/h3-6,12,16H,7-10,14H2,1-2H3. The Morgan fingerprint density at radius 3 is 2.76 bits per heavy atom. The highest BCUT2D eigenvalue weighted by atomic mass is 16.5. The molecule has 17 heavy (non-hydrogen) atoms. The van der Waals surface area contributed by atoms with E-state index in [1.54, 1.807) is 7.11 Å². The van der Waals surface area contributed by atoms with Crippen LogP contribution < -0.4 is 10.5 Å². The van der Waals surface area contributed by atoms with Crippen LogP contribution in [0.2, 0.25) is 0 Å². The van der Waals surface area contributed by atoms with Gasteiger partial charge in [-0.05, 0) is 25.1 Å². The maximum Gasteiger partial charge on any atom is 0.122 e. The number of rotatable bonds is 7. The average Bonchev–Trinajstić information content (AvgIpc) is 2.36. The van der Waals surface area contributed by atoms with E-state index in [0.717, 1.165) is 18.7 Å². The van der Waals surface area contributed by atoms with Crippen LogP contribution in [-0.4, -0.2) is 49.9 Å².